The van der Waals surface area contributed by atoms with Crippen LogP contribution in [-0.2, 0) is 27.5 Å². The number of benzene rings is 2. The number of hydrogen-bond donors (Lipinski definition) is 1. The summed E-state index contributed by atoms with van der Waals surface area (Å²) in [6.45, 7) is 1.36. The Hall–Kier alpha value is -2.31. The maximum absolute atomic E-state index is 12.6. The number of carbonyl (C=O) groups is 2. The third kappa shape index (κ3) is 4.70. The summed E-state index contributed by atoms with van der Waals surface area (Å²) in [4.78, 5) is 27.8. The molecule has 1 fully saturated rings. The van der Waals surface area contributed by atoms with Gasteiger partial charge >= 0.3 is 0 Å². The van der Waals surface area contributed by atoms with Crippen molar-refractivity contribution in [2.45, 2.75) is 24.5 Å². The van der Waals surface area contributed by atoms with Crippen molar-refractivity contribution in [1.29, 1.82) is 0 Å². The summed E-state index contributed by atoms with van der Waals surface area (Å²) >= 11 is 1.66. The molecule has 0 spiro atoms. The number of carbonyl (C=O) groups excluding carboxylic acids is 2. The van der Waals surface area contributed by atoms with E-state index in [4.69, 9.17) is 4.74 Å². The van der Waals surface area contributed by atoms with Gasteiger partial charge < -0.3 is 15.0 Å². The molecule has 1 N–H and O–H groups in total. The van der Waals surface area contributed by atoms with Crippen molar-refractivity contribution in [2.24, 2.45) is 5.92 Å². The zero-order chi connectivity index (χ0) is 19.2. The summed E-state index contributed by atoms with van der Waals surface area (Å²) < 4.78 is 5.20. The number of methoxy groups -OCH3 is 1. The van der Waals surface area contributed by atoms with Crippen LogP contribution in [0, 0.1) is 5.92 Å². The molecule has 1 atom stereocenters. The zero-order valence-corrected chi connectivity index (χ0v) is 16.4. The number of nitrogens with one attached hydrogen (secondary N) is 1. The highest BCUT2D eigenvalue weighted by Crippen LogP contribution is 2.27. The first-order chi connectivity index (χ1) is 13.1. The second kappa shape index (κ2) is 9.06. The van der Waals surface area contributed by atoms with E-state index in [-0.39, 0.29) is 24.2 Å². The van der Waals surface area contributed by atoms with Crippen LogP contribution in [0.2, 0.25) is 0 Å². The topological polar surface area (TPSA) is 58.6 Å². The Labute approximate surface area is 164 Å². The number of nitrogens with zero attached hydrogens (tertiary/aromatic N) is 1. The van der Waals surface area contributed by atoms with E-state index in [0.29, 0.717) is 19.7 Å². The molecule has 1 unspecified atom stereocenters. The van der Waals surface area contributed by atoms with Gasteiger partial charge in [0.2, 0.25) is 11.8 Å². The smallest absolute Gasteiger partial charge is 0.227 e. The lowest BCUT2D eigenvalue weighted by Crippen LogP contribution is -2.32. The number of amides is 2. The standard InChI is InChI=1S/C21H24N2O3S/c1-26-14-16-6-4-3-5-15(16)12-22-21(25)17-11-20(24)23(13-17)18-7-9-19(27-2)10-8-18/h3-10,17H,11-14H2,1-2H3,(H,22,25). The maximum Gasteiger partial charge on any atom is 0.227 e. The predicted octanol–water partition coefficient (Wildman–Crippen LogP) is 3.22. The molecule has 3 rings (SSSR count). The van der Waals surface area contributed by atoms with Gasteiger partial charge in [0.25, 0.3) is 0 Å². The van der Waals surface area contributed by atoms with Crippen LogP contribution in [0.1, 0.15) is 17.5 Å². The van der Waals surface area contributed by atoms with Gasteiger partial charge in [-0.2, -0.15) is 0 Å². The molecule has 1 saturated heterocycles. The normalized spacial score (nSPS) is 16.6. The van der Waals surface area contributed by atoms with Crippen LogP contribution in [0.15, 0.2) is 53.4 Å². The van der Waals surface area contributed by atoms with Crippen molar-refractivity contribution in [3.8, 4) is 0 Å². The summed E-state index contributed by atoms with van der Waals surface area (Å²) in [5.74, 6) is -0.419. The lowest BCUT2D eigenvalue weighted by atomic mass is 10.1. The van der Waals surface area contributed by atoms with Crippen LogP contribution in [-0.4, -0.2) is 31.7 Å². The minimum Gasteiger partial charge on any atom is -0.380 e. The fourth-order valence-electron chi connectivity index (χ4n) is 3.25. The Kier molecular flexibility index (Phi) is 6.53. The van der Waals surface area contributed by atoms with Gasteiger partial charge in [-0.15, -0.1) is 11.8 Å². The van der Waals surface area contributed by atoms with Crippen LogP contribution >= 0.6 is 11.8 Å². The highest BCUT2D eigenvalue weighted by Gasteiger charge is 2.35. The Morgan fingerprint density at radius 2 is 1.89 bits per heavy atom. The van der Waals surface area contributed by atoms with Crippen molar-refractivity contribution in [2.75, 3.05) is 24.8 Å². The summed E-state index contributed by atoms with van der Waals surface area (Å²) in [5, 5.41) is 2.97. The fraction of sp³-hybridized carbons (Fsp3) is 0.333. The van der Waals surface area contributed by atoms with Gasteiger partial charge in [0, 0.05) is 37.2 Å². The van der Waals surface area contributed by atoms with E-state index in [2.05, 4.69) is 5.32 Å². The molecule has 1 aliphatic rings. The lowest BCUT2D eigenvalue weighted by Gasteiger charge is -2.17. The second-order valence-corrected chi connectivity index (χ2v) is 7.40. The van der Waals surface area contributed by atoms with Crippen LogP contribution in [0.5, 0.6) is 0 Å². The molecule has 1 heterocycles. The minimum absolute atomic E-state index is 0.00756. The summed E-state index contributed by atoms with van der Waals surface area (Å²) in [6, 6.07) is 15.7. The fourth-order valence-corrected chi connectivity index (χ4v) is 3.66. The Morgan fingerprint density at radius 3 is 2.56 bits per heavy atom. The lowest BCUT2D eigenvalue weighted by molar-refractivity contribution is -0.126. The van der Waals surface area contributed by atoms with Gasteiger partial charge in [-0.1, -0.05) is 24.3 Å². The Morgan fingerprint density at radius 1 is 1.19 bits per heavy atom. The number of rotatable bonds is 7. The van der Waals surface area contributed by atoms with E-state index in [1.165, 1.54) is 0 Å². The van der Waals surface area contributed by atoms with Gasteiger partial charge in [-0.3, -0.25) is 9.59 Å². The van der Waals surface area contributed by atoms with Gasteiger partial charge in [-0.05, 0) is 41.6 Å². The molecule has 2 amide bonds. The monoisotopic (exact) mass is 384 g/mol. The molecule has 1 aliphatic heterocycles. The molecular formula is C21H24N2O3S. The van der Waals surface area contributed by atoms with E-state index in [1.807, 2.05) is 54.8 Å². The number of ether oxygens (including phenoxy) is 1. The Bertz CT molecular complexity index is 807. The highest BCUT2D eigenvalue weighted by atomic mass is 32.2. The predicted molar refractivity (Wildman–Crippen MR) is 108 cm³/mol. The minimum atomic E-state index is -0.327. The Balaban J connectivity index is 1.60. The van der Waals surface area contributed by atoms with Gasteiger partial charge in [0.15, 0.2) is 0 Å². The molecule has 2 aromatic carbocycles. The van der Waals surface area contributed by atoms with E-state index in [9.17, 15) is 9.59 Å². The zero-order valence-electron chi connectivity index (χ0n) is 15.6. The first-order valence-electron chi connectivity index (χ1n) is 8.90. The van der Waals surface area contributed by atoms with Crippen molar-refractivity contribution < 1.29 is 14.3 Å². The number of hydrogen-bond acceptors (Lipinski definition) is 4. The summed E-state index contributed by atoms with van der Waals surface area (Å²) in [5.41, 5.74) is 2.93. The molecule has 5 nitrogen and oxygen atoms in total. The molecule has 0 radical (unpaired) electrons. The van der Waals surface area contributed by atoms with Crippen molar-refractivity contribution >= 4 is 29.3 Å². The number of thioether (sulfide) groups is 1. The molecule has 0 aliphatic carbocycles. The summed E-state index contributed by atoms with van der Waals surface area (Å²) in [6.07, 6.45) is 2.26. The third-order valence-electron chi connectivity index (χ3n) is 4.75. The van der Waals surface area contributed by atoms with Crippen LogP contribution in [0.25, 0.3) is 0 Å². The molecule has 0 saturated carbocycles. The van der Waals surface area contributed by atoms with Crippen molar-refractivity contribution in [3.63, 3.8) is 0 Å². The molecule has 27 heavy (non-hydrogen) atoms. The highest BCUT2D eigenvalue weighted by molar-refractivity contribution is 7.98. The number of anilines is 1. The van der Waals surface area contributed by atoms with Crippen LogP contribution in [0.3, 0.4) is 0 Å². The van der Waals surface area contributed by atoms with Crippen molar-refractivity contribution in [1.82, 2.24) is 5.32 Å². The van der Waals surface area contributed by atoms with Gasteiger partial charge in [0.1, 0.15) is 0 Å². The van der Waals surface area contributed by atoms with Crippen molar-refractivity contribution in [3.05, 3.63) is 59.7 Å². The van der Waals surface area contributed by atoms with Gasteiger partial charge in [0.05, 0.1) is 12.5 Å². The molecule has 142 valence electrons. The van der Waals surface area contributed by atoms with E-state index in [0.717, 1.165) is 21.7 Å². The molecule has 2 aromatic rings. The first-order valence-corrected chi connectivity index (χ1v) is 10.1. The third-order valence-corrected chi connectivity index (χ3v) is 5.49. The molecule has 0 bridgehead atoms. The SMILES string of the molecule is COCc1ccccc1CNC(=O)C1CC(=O)N(c2ccc(SC)cc2)C1. The van der Waals surface area contributed by atoms with Crippen LogP contribution < -0.4 is 10.2 Å². The average Bonchev–Trinajstić information content (AvgIpc) is 3.09. The quantitative estimate of drug-likeness (QED) is 0.745. The van der Waals surface area contributed by atoms with Crippen LogP contribution in [0.4, 0.5) is 5.69 Å². The van der Waals surface area contributed by atoms with E-state index in [1.54, 1.807) is 23.8 Å². The molecular weight excluding hydrogens is 360 g/mol. The molecule has 0 aromatic heterocycles. The maximum atomic E-state index is 12.6. The van der Waals surface area contributed by atoms with Gasteiger partial charge in [-0.25, -0.2) is 0 Å². The first kappa shape index (κ1) is 19.5. The average molecular weight is 385 g/mol. The largest absolute Gasteiger partial charge is 0.380 e. The summed E-state index contributed by atoms with van der Waals surface area (Å²) in [7, 11) is 1.65. The second-order valence-electron chi connectivity index (χ2n) is 6.52. The van der Waals surface area contributed by atoms with E-state index < -0.39 is 0 Å². The van der Waals surface area contributed by atoms with E-state index >= 15 is 0 Å². The molecule has 6 heteroatoms.